The highest BCUT2D eigenvalue weighted by atomic mass is 32.2. The van der Waals surface area contributed by atoms with E-state index in [1.54, 1.807) is 25.3 Å². The summed E-state index contributed by atoms with van der Waals surface area (Å²) >= 11 is 0. The molecule has 0 bridgehead atoms. The smallest absolute Gasteiger partial charge is 0.243 e. The standard InChI is InChI=1S/C14H22N2O3S/c1-3-14(15)11-5-4-6-13(9-11)20(17,18)16-8-7-12(10-16)19-2/h4-6,9,12,14H,3,7-8,10,15H2,1-2H3. The first-order valence-corrected chi connectivity index (χ1v) is 8.31. The van der Waals surface area contributed by atoms with E-state index in [2.05, 4.69) is 0 Å². The van der Waals surface area contributed by atoms with E-state index in [0.717, 1.165) is 18.4 Å². The number of ether oxygens (including phenoxy) is 1. The van der Waals surface area contributed by atoms with Gasteiger partial charge in [-0.25, -0.2) is 8.42 Å². The number of hydrogen-bond acceptors (Lipinski definition) is 4. The van der Waals surface area contributed by atoms with E-state index in [9.17, 15) is 8.42 Å². The molecule has 2 unspecified atom stereocenters. The van der Waals surface area contributed by atoms with E-state index < -0.39 is 10.0 Å². The fourth-order valence-corrected chi connectivity index (χ4v) is 3.94. The van der Waals surface area contributed by atoms with Crippen LogP contribution in [0.4, 0.5) is 0 Å². The van der Waals surface area contributed by atoms with Gasteiger partial charge >= 0.3 is 0 Å². The summed E-state index contributed by atoms with van der Waals surface area (Å²) in [5, 5.41) is 0. The van der Waals surface area contributed by atoms with Crippen LogP contribution in [-0.4, -0.2) is 39.0 Å². The maximum absolute atomic E-state index is 12.6. The molecule has 0 spiro atoms. The normalized spacial score (nSPS) is 22.1. The van der Waals surface area contributed by atoms with Crippen LogP contribution in [0.1, 0.15) is 31.4 Å². The molecule has 0 aliphatic carbocycles. The Hall–Kier alpha value is -0.950. The molecule has 112 valence electrons. The topological polar surface area (TPSA) is 72.6 Å². The van der Waals surface area contributed by atoms with E-state index in [1.165, 1.54) is 4.31 Å². The molecule has 1 heterocycles. The van der Waals surface area contributed by atoms with Crippen molar-refractivity contribution in [2.24, 2.45) is 5.73 Å². The summed E-state index contributed by atoms with van der Waals surface area (Å²) in [4.78, 5) is 0.315. The monoisotopic (exact) mass is 298 g/mol. The predicted molar refractivity (Wildman–Crippen MR) is 77.8 cm³/mol. The number of nitrogens with two attached hydrogens (primary N) is 1. The molecule has 0 amide bonds. The van der Waals surface area contributed by atoms with Crippen LogP contribution in [0, 0.1) is 0 Å². The van der Waals surface area contributed by atoms with Gasteiger partial charge in [0.2, 0.25) is 10.0 Å². The molecular weight excluding hydrogens is 276 g/mol. The number of rotatable bonds is 5. The summed E-state index contributed by atoms with van der Waals surface area (Å²) in [6, 6.07) is 6.80. The summed E-state index contributed by atoms with van der Waals surface area (Å²) in [6.07, 6.45) is 1.51. The Bertz CT molecular complexity index is 559. The third-order valence-electron chi connectivity index (χ3n) is 3.80. The maximum Gasteiger partial charge on any atom is 0.243 e. The minimum Gasteiger partial charge on any atom is -0.380 e. The first-order valence-electron chi connectivity index (χ1n) is 6.87. The third-order valence-corrected chi connectivity index (χ3v) is 5.67. The van der Waals surface area contributed by atoms with Crippen molar-refractivity contribution < 1.29 is 13.2 Å². The van der Waals surface area contributed by atoms with E-state index in [4.69, 9.17) is 10.5 Å². The molecule has 1 aliphatic rings. The van der Waals surface area contributed by atoms with Crippen LogP contribution < -0.4 is 5.73 Å². The highest BCUT2D eigenvalue weighted by Gasteiger charge is 2.32. The van der Waals surface area contributed by atoms with Gasteiger partial charge in [-0.05, 0) is 30.5 Å². The quantitative estimate of drug-likeness (QED) is 0.894. The zero-order chi connectivity index (χ0) is 14.8. The molecule has 20 heavy (non-hydrogen) atoms. The van der Waals surface area contributed by atoms with E-state index in [0.29, 0.717) is 18.0 Å². The Morgan fingerprint density at radius 1 is 1.50 bits per heavy atom. The molecular formula is C14H22N2O3S. The second kappa shape index (κ2) is 6.22. The summed E-state index contributed by atoms with van der Waals surface area (Å²) in [5.41, 5.74) is 6.83. The van der Waals surface area contributed by atoms with Crippen LogP contribution in [0.5, 0.6) is 0 Å². The first kappa shape index (κ1) is 15.4. The molecule has 1 aromatic rings. The van der Waals surface area contributed by atoms with Gasteiger partial charge < -0.3 is 10.5 Å². The van der Waals surface area contributed by atoms with E-state index in [-0.39, 0.29) is 12.1 Å². The Kier molecular flexibility index (Phi) is 4.80. The van der Waals surface area contributed by atoms with Crippen molar-refractivity contribution >= 4 is 10.0 Å². The van der Waals surface area contributed by atoms with Gasteiger partial charge in [-0.1, -0.05) is 19.1 Å². The van der Waals surface area contributed by atoms with Crippen molar-refractivity contribution in [3.63, 3.8) is 0 Å². The molecule has 2 N–H and O–H groups in total. The molecule has 2 atom stereocenters. The van der Waals surface area contributed by atoms with Crippen molar-refractivity contribution in [1.82, 2.24) is 4.31 Å². The summed E-state index contributed by atoms with van der Waals surface area (Å²) in [7, 11) is -1.84. The van der Waals surface area contributed by atoms with Gasteiger partial charge in [0, 0.05) is 26.2 Å². The van der Waals surface area contributed by atoms with Gasteiger partial charge in [-0.2, -0.15) is 4.31 Å². The van der Waals surface area contributed by atoms with Crippen molar-refractivity contribution in [2.75, 3.05) is 20.2 Å². The van der Waals surface area contributed by atoms with Crippen LogP contribution in [0.25, 0.3) is 0 Å². The maximum atomic E-state index is 12.6. The number of methoxy groups -OCH3 is 1. The van der Waals surface area contributed by atoms with Crippen molar-refractivity contribution in [3.8, 4) is 0 Å². The van der Waals surface area contributed by atoms with Gasteiger partial charge in [-0.3, -0.25) is 0 Å². The second-order valence-electron chi connectivity index (χ2n) is 5.10. The van der Waals surface area contributed by atoms with Crippen LogP contribution in [-0.2, 0) is 14.8 Å². The lowest BCUT2D eigenvalue weighted by Gasteiger charge is -2.17. The van der Waals surface area contributed by atoms with Crippen LogP contribution in [0.2, 0.25) is 0 Å². The number of benzene rings is 1. The predicted octanol–water partition coefficient (Wildman–Crippen LogP) is 1.51. The average Bonchev–Trinajstić information content (AvgIpc) is 2.96. The number of sulfonamides is 1. The van der Waals surface area contributed by atoms with Gasteiger partial charge in [0.15, 0.2) is 0 Å². The molecule has 6 heteroatoms. The average molecular weight is 298 g/mol. The summed E-state index contributed by atoms with van der Waals surface area (Å²) in [6.45, 7) is 2.91. The highest BCUT2D eigenvalue weighted by molar-refractivity contribution is 7.89. The highest BCUT2D eigenvalue weighted by Crippen LogP contribution is 2.24. The minimum absolute atomic E-state index is 0.00847. The fraction of sp³-hybridized carbons (Fsp3) is 0.571. The number of hydrogen-bond donors (Lipinski definition) is 1. The number of nitrogens with zero attached hydrogens (tertiary/aromatic N) is 1. The van der Waals surface area contributed by atoms with E-state index >= 15 is 0 Å². The summed E-state index contributed by atoms with van der Waals surface area (Å²) < 4.78 is 31.9. The lowest BCUT2D eigenvalue weighted by molar-refractivity contribution is 0.115. The van der Waals surface area contributed by atoms with Crippen molar-refractivity contribution in [1.29, 1.82) is 0 Å². The fourth-order valence-electron chi connectivity index (χ4n) is 2.40. The Morgan fingerprint density at radius 2 is 2.25 bits per heavy atom. The molecule has 1 aromatic carbocycles. The van der Waals surface area contributed by atoms with Gasteiger partial charge in [0.05, 0.1) is 11.0 Å². The second-order valence-corrected chi connectivity index (χ2v) is 7.03. The largest absolute Gasteiger partial charge is 0.380 e. The zero-order valence-corrected chi connectivity index (χ0v) is 12.8. The van der Waals surface area contributed by atoms with Gasteiger partial charge in [0.1, 0.15) is 0 Å². The molecule has 1 aliphatic heterocycles. The molecule has 0 radical (unpaired) electrons. The van der Waals surface area contributed by atoms with Gasteiger partial charge in [-0.15, -0.1) is 0 Å². The SMILES string of the molecule is CCC(N)c1cccc(S(=O)(=O)N2CCC(OC)C2)c1. The molecule has 1 saturated heterocycles. The summed E-state index contributed by atoms with van der Waals surface area (Å²) in [5.74, 6) is 0. The molecule has 2 rings (SSSR count). The van der Waals surface area contributed by atoms with Crippen molar-refractivity contribution in [3.05, 3.63) is 29.8 Å². The third kappa shape index (κ3) is 3.03. The Balaban J connectivity index is 2.26. The molecule has 0 aromatic heterocycles. The molecule has 0 saturated carbocycles. The molecule has 1 fully saturated rings. The van der Waals surface area contributed by atoms with Gasteiger partial charge in [0.25, 0.3) is 0 Å². The molecule has 5 nitrogen and oxygen atoms in total. The van der Waals surface area contributed by atoms with E-state index in [1.807, 2.05) is 13.0 Å². The van der Waals surface area contributed by atoms with Crippen molar-refractivity contribution in [2.45, 2.75) is 36.8 Å². The van der Waals surface area contributed by atoms with Crippen LogP contribution >= 0.6 is 0 Å². The van der Waals surface area contributed by atoms with Crippen LogP contribution in [0.3, 0.4) is 0 Å². The Labute approximate surface area is 120 Å². The zero-order valence-electron chi connectivity index (χ0n) is 12.0. The minimum atomic E-state index is -3.45. The van der Waals surface area contributed by atoms with Crippen LogP contribution in [0.15, 0.2) is 29.2 Å². The lowest BCUT2D eigenvalue weighted by atomic mass is 10.1. The lowest BCUT2D eigenvalue weighted by Crippen LogP contribution is -2.30. The Morgan fingerprint density at radius 3 is 2.85 bits per heavy atom. The first-order chi connectivity index (χ1) is 9.48.